The second-order valence-electron chi connectivity index (χ2n) is 12.3. The van der Waals surface area contributed by atoms with Crippen LogP contribution in [-0.4, -0.2) is 82.4 Å². The molecule has 14 heteroatoms. The van der Waals surface area contributed by atoms with Crippen LogP contribution < -0.4 is 15.0 Å². The molecule has 0 aliphatic carbocycles. The zero-order valence-corrected chi connectivity index (χ0v) is 28.2. The lowest BCUT2D eigenvalue weighted by Gasteiger charge is -2.27. The van der Waals surface area contributed by atoms with E-state index < -0.39 is 22.6 Å². The van der Waals surface area contributed by atoms with Gasteiger partial charge in [-0.3, -0.25) is 10.1 Å². The molecule has 2 aromatic carbocycles. The van der Waals surface area contributed by atoms with Gasteiger partial charge in [0, 0.05) is 75.2 Å². The van der Waals surface area contributed by atoms with Crippen LogP contribution in [0.2, 0.25) is 0 Å². The van der Waals surface area contributed by atoms with Crippen molar-refractivity contribution in [3.05, 3.63) is 64.5 Å². The van der Waals surface area contributed by atoms with Gasteiger partial charge in [0.15, 0.2) is 0 Å². The van der Waals surface area contributed by atoms with Crippen molar-refractivity contribution in [2.75, 3.05) is 44.5 Å². The molecule has 250 valence electrons. The van der Waals surface area contributed by atoms with E-state index in [0.29, 0.717) is 11.3 Å². The predicted molar refractivity (Wildman–Crippen MR) is 180 cm³/mol. The van der Waals surface area contributed by atoms with Crippen LogP contribution in [0.15, 0.2) is 48.8 Å². The number of hydrogen-bond donors (Lipinski definition) is 1. The number of hydrogen-bond acceptors (Lipinski definition) is 11. The maximum Gasteiger partial charge on any atom is 0.410 e. The first-order valence-corrected chi connectivity index (χ1v) is 15.0. The zero-order valence-electron chi connectivity index (χ0n) is 28.2. The fourth-order valence-corrected chi connectivity index (χ4v) is 4.85. The summed E-state index contributed by atoms with van der Waals surface area (Å²) < 4.78 is 18.4. The summed E-state index contributed by atoms with van der Waals surface area (Å²) in [7, 11) is 6.63. The number of para-hydroxylation sites is 1. The Morgan fingerprint density at radius 3 is 2.47 bits per heavy atom. The summed E-state index contributed by atoms with van der Waals surface area (Å²) in [6.45, 7) is 9.37. The van der Waals surface area contributed by atoms with Gasteiger partial charge in [0.05, 0.1) is 29.5 Å². The molecule has 0 aliphatic rings. The van der Waals surface area contributed by atoms with Crippen LogP contribution in [0, 0.1) is 10.1 Å². The number of nitrogens with zero attached hydrogens (tertiary/aromatic N) is 6. The number of methoxy groups -OCH3 is 1. The number of amides is 1. The van der Waals surface area contributed by atoms with Gasteiger partial charge in [-0.25, -0.2) is 19.6 Å². The highest BCUT2D eigenvalue weighted by Crippen LogP contribution is 2.39. The molecule has 1 amide bonds. The van der Waals surface area contributed by atoms with E-state index in [2.05, 4.69) is 10.3 Å². The first kappa shape index (κ1) is 34.5. The fraction of sp³-hybridized carbons (Fsp3) is 0.394. The van der Waals surface area contributed by atoms with E-state index in [4.69, 9.17) is 19.2 Å². The SMILES string of the molecule is COc1cc(N(C)CCN(C)C(=O)OC(C)(C)C)c([N+](=O)[O-])cc1Nc1ncc(C(=O)OC(C)C)c(-c2cn(C)c3ccccc23)n1. The number of nitro benzene ring substituents is 1. The molecule has 0 aliphatic heterocycles. The number of fused-ring (bicyclic) bond motifs is 1. The molecule has 47 heavy (non-hydrogen) atoms. The third-order valence-electron chi connectivity index (χ3n) is 7.13. The van der Waals surface area contributed by atoms with E-state index in [1.165, 1.54) is 30.3 Å². The highest BCUT2D eigenvalue weighted by molar-refractivity contribution is 6.03. The summed E-state index contributed by atoms with van der Waals surface area (Å²) in [6.07, 6.45) is 2.39. The monoisotopic (exact) mass is 647 g/mol. The third-order valence-corrected chi connectivity index (χ3v) is 7.13. The lowest BCUT2D eigenvalue weighted by Crippen LogP contribution is -2.38. The number of anilines is 3. The quantitative estimate of drug-likeness (QED) is 0.113. The topological polar surface area (TPSA) is 154 Å². The number of nitro groups is 1. The molecule has 0 bridgehead atoms. The first-order chi connectivity index (χ1) is 22.1. The molecule has 0 unspecified atom stereocenters. The van der Waals surface area contributed by atoms with Gasteiger partial charge in [0.1, 0.15) is 22.6 Å². The maximum atomic E-state index is 13.1. The lowest BCUT2D eigenvalue weighted by molar-refractivity contribution is -0.384. The van der Waals surface area contributed by atoms with E-state index in [1.54, 1.807) is 53.6 Å². The maximum absolute atomic E-state index is 13.1. The second-order valence-corrected chi connectivity index (χ2v) is 12.3. The van der Waals surface area contributed by atoms with Crippen molar-refractivity contribution in [2.24, 2.45) is 7.05 Å². The van der Waals surface area contributed by atoms with Gasteiger partial charge in [0.2, 0.25) is 5.95 Å². The number of aryl methyl sites for hydroxylation is 1. The number of rotatable bonds is 11. The number of esters is 1. The van der Waals surface area contributed by atoms with Gasteiger partial charge < -0.3 is 33.9 Å². The molecule has 0 saturated heterocycles. The Morgan fingerprint density at radius 1 is 1.13 bits per heavy atom. The van der Waals surface area contributed by atoms with E-state index in [1.807, 2.05) is 42.1 Å². The van der Waals surface area contributed by atoms with Gasteiger partial charge in [-0.05, 0) is 40.7 Å². The predicted octanol–water partition coefficient (Wildman–Crippen LogP) is 6.16. The minimum absolute atomic E-state index is 0.0849. The van der Waals surface area contributed by atoms with Gasteiger partial charge in [-0.2, -0.15) is 0 Å². The Bertz CT molecular complexity index is 1800. The van der Waals surface area contributed by atoms with Crippen LogP contribution in [-0.2, 0) is 16.5 Å². The Hall–Kier alpha value is -5.40. The van der Waals surface area contributed by atoms with Crippen molar-refractivity contribution in [3.63, 3.8) is 0 Å². The zero-order chi connectivity index (χ0) is 34.6. The molecule has 1 N–H and O–H groups in total. The molecule has 0 fully saturated rings. The summed E-state index contributed by atoms with van der Waals surface area (Å²) in [4.78, 5) is 49.4. The highest BCUT2D eigenvalue weighted by Gasteiger charge is 2.26. The molecule has 4 rings (SSSR count). The highest BCUT2D eigenvalue weighted by atomic mass is 16.6. The van der Waals surface area contributed by atoms with Crippen LogP contribution in [0.1, 0.15) is 45.0 Å². The molecule has 2 aromatic heterocycles. The van der Waals surface area contributed by atoms with E-state index in [0.717, 1.165) is 10.9 Å². The van der Waals surface area contributed by atoms with Gasteiger partial charge in [-0.1, -0.05) is 18.2 Å². The fourth-order valence-electron chi connectivity index (χ4n) is 4.85. The molecular formula is C33H41N7O7. The number of nitrogens with one attached hydrogen (secondary N) is 1. The third kappa shape index (κ3) is 8.07. The average Bonchev–Trinajstić information content (AvgIpc) is 3.34. The van der Waals surface area contributed by atoms with Gasteiger partial charge in [-0.15, -0.1) is 0 Å². The number of ether oxygens (including phenoxy) is 3. The van der Waals surface area contributed by atoms with Crippen molar-refractivity contribution in [1.29, 1.82) is 0 Å². The first-order valence-electron chi connectivity index (χ1n) is 15.0. The molecule has 4 aromatic rings. The van der Waals surface area contributed by atoms with Crippen molar-refractivity contribution < 1.29 is 28.7 Å². The van der Waals surface area contributed by atoms with Crippen LogP contribution in [0.25, 0.3) is 22.2 Å². The molecule has 2 heterocycles. The molecule has 0 radical (unpaired) electrons. The minimum Gasteiger partial charge on any atom is -0.494 e. The molecule has 0 saturated carbocycles. The lowest BCUT2D eigenvalue weighted by atomic mass is 10.1. The second kappa shape index (κ2) is 13.9. The van der Waals surface area contributed by atoms with Crippen LogP contribution in [0.3, 0.4) is 0 Å². The van der Waals surface area contributed by atoms with Gasteiger partial charge in [0.25, 0.3) is 5.69 Å². The smallest absolute Gasteiger partial charge is 0.410 e. The van der Waals surface area contributed by atoms with E-state index in [-0.39, 0.29) is 53.5 Å². The molecular weight excluding hydrogens is 606 g/mol. The summed E-state index contributed by atoms with van der Waals surface area (Å²) in [5.74, 6) is -0.203. The standard InChI is InChI=1S/C33H41N7O7/c1-20(2)46-30(41)22-18-34-31(36-29(22)23-19-39(8)25-13-11-10-12-21(23)25)35-24-16-27(40(43)44)26(17-28(24)45-9)37(6)14-15-38(7)32(42)47-33(3,4)5/h10-13,16-20H,14-15H2,1-9H3,(H,34,35,36). The number of benzene rings is 2. The average molecular weight is 648 g/mol. The Morgan fingerprint density at radius 2 is 1.83 bits per heavy atom. The minimum atomic E-state index is -0.650. The summed E-state index contributed by atoms with van der Waals surface area (Å²) in [6, 6.07) is 10.6. The number of aromatic nitrogens is 3. The van der Waals surface area contributed by atoms with Crippen molar-refractivity contribution in [3.8, 4) is 17.0 Å². The Kier molecular flexibility index (Phi) is 10.2. The van der Waals surface area contributed by atoms with Gasteiger partial charge >= 0.3 is 12.1 Å². The molecule has 0 atom stereocenters. The number of likely N-dealkylation sites (N-methyl/N-ethyl adjacent to an activating group) is 2. The largest absolute Gasteiger partial charge is 0.494 e. The summed E-state index contributed by atoms with van der Waals surface area (Å²) >= 11 is 0. The summed E-state index contributed by atoms with van der Waals surface area (Å²) in [5.41, 5.74) is 1.80. The molecule has 14 nitrogen and oxygen atoms in total. The number of carbonyl (C=O) groups excluding carboxylic acids is 2. The normalized spacial score (nSPS) is 11.4. The van der Waals surface area contributed by atoms with Crippen LogP contribution in [0.5, 0.6) is 5.75 Å². The number of carbonyl (C=O) groups is 2. The van der Waals surface area contributed by atoms with Crippen LogP contribution in [0.4, 0.5) is 27.8 Å². The van der Waals surface area contributed by atoms with Crippen LogP contribution >= 0.6 is 0 Å². The van der Waals surface area contributed by atoms with E-state index in [9.17, 15) is 19.7 Å². The summed E-state index contributed by atoms with van der Waals surface area (Å²) in [5, 5.41) is 16.2. The Balaban J connectivity index is 1.70. The van der Waals surface area contributed by atoms with Crippen molar-refractivity contribution >= 4 is 46.0 Å². The molecule has 0 spiro atoms. The van der Waals surface area contributed by atoms with Crippen molar-refractivity contribution in [2.45, 2.75) is 46.3 Å². The Labute approximate surface area is 273 Å². The van der Waals surface area contributed by atoms with Crippen molar-refractivity contribution in [1.82, 2.24) is 19.4 Å². The van der Waals surface area contributed by atoms with E-state index >= 15 is 0 Å².